The van der Waals surface area contributed by atoms with Gasteiger partial charge in [-0.15, -0.1) is 0 Å². The Bertz CT molecular complexity index is 1400. The second-order valence-corrected chi connectivity index (χ2v) is 12.2. The van der Waals surface area contributed by atoms with E-state index in [1.165, 1.54) is 81.3 Å². The first-order valence-electron chi connectivity index (χ1n) is 17.6. The van der Waals surface area contributed by atoms with Crippen LogP contribution >= 0.6 is 0 Å². The van der Waals surface area contributed by atoms with E-state index in [1.807, 2.05) is 0 Å². The number of carbonyl (C=O) groups is 3. The average molecular weight is 663 g/mol. The van der Waals surface area contributed by atoms with Gasteiger partial charge in [-0.05, 0) is 86.8 Å². The number of unbranched alkanes of at least 4 members (excludes halogenated alkanes) is 11. The van der Waals surface area contributed by atoms with Crippen molar-refractivity contribution in [2.24, 2.45) is 0 Å². The summed E-state index contributed by atoms with van der Waals surface area (Å²) in [4.78, 5) is 37.7. The topological polar surface area (TPSA) is 88.1 Å². The lowest BCUT2D eigenvalue weighted by Gasteiger charge is -2.14. The molecule has 7 nitrogen and oxygen atoms in total. The Morgan fingerprint density at radius 3 is 1.62 bits per heavy atom. The highest BCUT2D eigenvalue weighted by atomic mass is 19.1. The van der Waals surface area contributed by atoms with Crippen molar-refractivity contribution in [2.45, 2.75) is 117 Å². The Hall–Kier alpha value is -4.20. The Labute approximate surface area is 285 Å². The first kappa shape index (κ1) is 38.2. The zero-order chi connectivity index (χ0) is 34.6. The molecule has 0 bridgehead atoms. The fourth-order valence-corrected chi connectivity index (χ4v) is 5.17. The standard InChI is InChI=1S/C40H51FO7/c1-4-6-8-10-11-12-13-14-16-28-45-33-22-18-31(19-23-33)38(42)47-34-24-20-32(21-25-34)39(43)48-35-26-27-36(37(41)29-35)40(44)46-30(3)17-15-9-7-5-2/h18-27,29-30H,4-17,28H2,1-3H3. The summed E-state index contributed by atoms with van der Waals surface area (Å²) in [5, 5.41) is 0. The van der Waals surface area contributed by atoms with Gasteiger partial charge in [0, 0.05) is 6.07 Å². The lowest BCUT2D eigenvalue weighted by atomic mass is 10.1. The van der Waals surface area contributed by atoms with Crippen LogP contribution in [0.15, 0.2) is 66.7 Å². The van der Waals surface area contributed by atoms with Crippen molar-refractivity contribution in [3.8, 4) is 17.2 Å². The van der Waals surface area contributed by atoms with Gasteiger partial charge in [0.1, 0.15) is 23.1 Å². The number of carbonyl (C=O) groups excluding carboxylic acids is 3. The van der Waals surface area contributed by atoms with E-state index in [4.69, 9.17) is 18.9 Å². The third-order valence-electron chi connectivity index (χ3n) is 8.05. The van der Waals surface area contributed by atoms with Crippen LogP contribution in [0.3, 0.4) is 0 Å². The predicted molar refractivity (Wildman–Crippen MR) is 186 cm³/mol. The Morgan fingerprint density at radius 1 is 0.583 bits per heavy atom. The van der Waals surface area contributed by atoms with Crippen molar-refractivity contribution < 1.29 is 37.7 Å². The average Bonchev–Trinajstić information content (AvgIpc) is 3.08. The van der Waals surface area contributed by atoms with Crippen molar-refractivity contribution in [2.75, 3.05) is 6.61 Å². The molecule has 0 saturated carbocycles. The van der Waals surface area contributed by atoms with Gasteiger partial charge in [-0.1, -0.05) is 84.5 Å². The maximum atomic E-state index is 14.7. The number of esters is 3. The van der Waals surface area contributed by atoms with E-state index in [0.29, 0.717) is 24.3 Å². The molecule has 260 valence electrons. The molecule has 48 heavy (non-hydrogen) atoms. The molecule has 1 atom stereocenters. The van der Waals surface area contributed by atoms with Gasteiger partial charge in [0.2, 0.25) is 0 Å². The summed E-state index contributed by atoms with van der Waals surface area (Å²) in [7, 11) is 0. The summed E-state index contributed by atoms with van der Waals surface area (Å²) in [5.41, 5.74) is 0.311. The smallest absolute Gasteiger partial charge is 0.343 e. The first-order chi connectivity index (χ1) is 23.3. The number of hydrogen-bond donors (Lipinski definition) is 0. The molecule has 0 aliphatic carbocycles. The molecule has 3 aromatic carbocycles. The molecule has 0 radical (unpaired) electrons. The molecule has 0 fully saturated rings. The summed E-state index contributed by atoms with van der Waals surface area (Å²) < 4.78 is 36.6. The highest BCUT2D eigenvalue weighted by Gasteiger charge is 2.18. The molecule has 0 N–H and O–H groups in total. The molecule has 3 rings (SSSR count). The van der Waals surface area contributed by atoms with E-state index in [1.54, 1.807) is 31.2 Å². The fourth-order valence-electron chi connectivity index (χ4n) is 5.17. The van der Waals surface area contributed by atoms with E-state index >= 15 is 0 Å². The molecule has 0 saturated heterocycles. The Balaban J connectivity index is 1.40. The fraction of sp³-hybridized carbons (Fsp3) is 0.475. The van der Waals surface area contributed by atoms with E-state index in [9.17, 15) is 18.8 Å². The van der Waals surface area contributed by atoms with Crippen molar-refractivity contribution in [1.82, 2.24) is 0 Å². The van der Waals surface area contributed by atoms with Crippen LogP contribution in [-0.2, 0) is 4.74 Å². The van der Waals surface area contributed by atoms with Crippen molar-refractivity contribution in [3.63, 3.8) is 0 Å². The maximum absolute atomic E-state index is 14.7. The minimum atomic E-state index is -0.843. The number of benzene rings is 3. The molecular weight excluding hydrogens is 611 g/mol. The second kappa shape index (κ2) is 21.6. The molecule has 0 aliphatic rings. The van der Waals surface area contributed by atoms with Gasteiger partial charge in [0.15, 0.2) is 0 Å². The molecule has 0 heterocycles. The third-order valence-corrected chi connectivity index (χ3v) is 8.05. The highest BCUT2D eigenvalue weighted by Crippen LogP contribution is 2.22. The van der Waals surface area contributed by atoms with Crippen LogP contribution in [0.1, 0.15) is 142 Å². The molecule has 0 spiro atoms. The van der Waals surface area contributed by atoms with E-state index in [2.05, 4.69) is 13.8 Å². The maximum Gasteiger partial charge on any atom is 0.343 e. The largest absolute Gasteiger partial charge is 0.494 e. The molecule has 0 amide bonds. The quantitative estimate of drug-likeness (QED) is 0.0601. The van der Waals surface area contributed by atoms with E-state index in [0.717, 1.165) is 44.6 Å². The second-order valence-electron chi connectivity index (χ2n) is 12.2. The van der Waals surface area contributed by atoms with Gasteiger partial charge in [-0.2, -0.15) is 0 Å². The minimum Gasteiger partial charge on any atom is -0.494 e. The Morgan fingerprint density at radius 2 is 1.06 bits per heavy atom. The first-order valence-corrected chi connectivity index (χ1v) is 17.6. The molecular formula is C40H51FO7. The Kier molecular flexibility index (Phi) is 17.2. The summed E-state index contributed by atoms with van der Waals surface area (Å²) >= 11 is 0. The van der Waals surface area contributed by atoms with Crippen LogP contribution in [0.4, 0.5) is 4.39 Å². The van der Waals surface area contributed by atoms with Crippen LogP contribution in [0.2, 0.25) is 0 Å². The summed E-state index contributed by atoms with van der Waals surface area (Å²) in [6, 6.07) is 16.2. The van der Waals surface area contributed by atoms with Crippen LogP contribution in [0.25, 0.3) is 0 Å². The van der Waals surface area contributed by atoms with Gasteiger partial charge in [-0.3, -0.25) is 0 Å². The zero-order valence-corrected chi connectivity index (χ0v) is 28.8. The van der Waals surface area contributed by atoms with Gasteiger partial charge in [0.05, 0.1) is 29.4 Å². The van der Waals surface area contributed by atoms with Gasteiger partial charge in [0.25, 0.3) is 0 Å². The number of halogens is 1. The van der Waals surface area contributed by atoms with Crippen molar-refractivity contribution in [3.05, 3.63) is 89.2 Å². The number of hydrogen-bond acceptors (Lipinski definition) is 7. The van der Waals surface area contributed by atoms with Crippen LogP contribution in [0.5, 0.6) is 17.2 Å². The van der Waals surface area contributed by atoms with Crippen molar-refractivity contribution in [1.29, 1.82) is 0 Å². The van der Waals surface area contributed by atoms with Gasteiger partial charge in [-0.25, -0.2) is 18.8 Å². The minimum absolute atomic E-state index is 0.0576. The van der Waals surface area contributed by atoms with Crippen molar-refractivity contribution >= 4 is 17.9 Å². The lowest BCUT2D eigenvalue weighted by Crippen LogP contribution is -2.16. The zero-order valence-electron chi connectivity index (χ0n) is 28.8. The number of ether oxygens (including phenoxy) is 4. The molecule has 8 heteroatoms. The number of rotatable bonds is 22. The summed E-state index contributed by atoms with van der Waals surface area (Å²) in [5.74, 6) is -1.99. The SMILES string of the molecule is CCCCCCCCCCCOc1ccc(C(=O)Oc2ccc(C(=O)Oc3ccc(C(=O)OC(C)CCCCCC)c(F)c3)cc2)cc1. The van der Waals surface area contributed by atoms with E-state index < -0.39 is 23.7 Å². The van der Waals surface area contributed by atoms with Gasteiger partial charge < -0.3 is 18.9 Å². The van der Waals surface area contributed by atoms with Crippen LogP contribution in [-0.4, -0.2) is 30.6 Å². The predicted octanol–water partition coefficient (Wildman–Crippen LogP) is 10.7. The van der Waals surface area contributed by atoms with Crippen LogP contribution in [0, 0.1) is 5.82 Å². The molecule has 3 aromatic rings. The van der Waals surface area contributed by atoms with Gasteiger partial charge >= 0.3 is 17.9 Å². The summed E-state index contributed by atoms with van der Waals surface area (Å²) in [6.07, 6.45) is 15.9. The normalized spacial score (nSPS) is 11.5. The third kappa shape index (κ3) is 13.9. The molecule has 0 aliphatic heterocycles. The molecule has 1 unspecified atom stereocenters. The van der Waals surface area contributed by atoms with Crippen LogP contribution < -0.4 is 14.2 Å². The monoisotopic (exact) mass is 662 g/mol. The highest BCUT2D eigenvalue weighted by molar-refractivity contribution is 5.93. The lowest BCUT2D eigenvalue weighted by molar-refractivity contribution is 0.0314. The molecule has 0 aromatic heterocycles. The summed E-state index contributed by atoms with van der Waals surface area (Å²) in [6.45, 7) is 6.79. The van der Waals surface area contributed by atoms with E-state index in [-0.39, 0.29) is 28.7 Å².